The van der Waals surface area contributed by atoms with E-state index in [1.807, 2.05) is 6.07 Å². The number of H-pyrrole nitrogens is 1. The molecule has 6 rings (SSSR count). The minimum Gasteiger partial charge on any atom is -0.489 e. The number of halogens is 4. The maximum Gasteiger partial charge on any atom is 0.418 e. The first-order valence-corrected chi connectivity index (χ1v) is 14.1. The monoisotopic (exact) mass is 602 g/mol. The van der Waals surface area contributed by atoms with E-state index < -0.39 is 46.3 Å². The smallest absolute Gasteiger partial charge is 0.418 e. The van der Waals surface area contributed by atoms with Gasteiger partial charge in [0, 0.05) is 21.4 Å². The van der Waals surface area contributed by atoms with Crippen LogP contribution in [0.15, 0.2) is 82.6 Å². The van der Waals surface area contributed by atoms with Crippen molar-refractivity contribution in [3.63, 3.8) is 0 Å². The van der Waals surface area contributed by atoms with Gasteiger partial charge in [0.2, 0.25) is 11.8 Å². The van der Waals surface area contributed by atoms with Crippen LogP contribution in [0.25, 0.3) is 0 Å². The van der Waals surface area contributed by atoms with Crippen molar-refractivity contribution in [3.8, 4) is 5.75 Å². The Labute approximate surface area is 238 Å². The van der Waals surface area contributed by atoms with Crippen LogP contribution >= 0.6 is 34.7 Å². The Hall–Kier alpha value is -3.54. The molecule has 0 bridgehead atoms. The molecule has 1 fully saturated rings. The van der Waals surface area contributed by atoms with Crippen molar-refractivity contribution in [1.82, 2.24) is 4.98 Å². The van der Waals surface area contributed by atoms with E-state index >= 15 is 0 Å². The lowest BCUT2D eigenvalue weighted by Gasteiger charge is -2.30. The summed E-state index contributed by atoms with van der Waals surface area (Å²) < 4.78 is 47.7. The number of amides is 2. The van der Waals surface area contributed by atoms with Gasteiger partial charge in [-0.25, -0.2) is 4.90 Å². The first-order chi connectivity index (χ1) is 19.1. The van der Waals surface area contributed by atoms with Crippen molar-refractivity contribution >= 4 is 52.2 Å². The van der Waals surface area contributed by atoms with Crippen LogP contribution in [0.5, 0.6) is 5.75 Å². The number of rotatable bonds is 5. The quantitative estimate of drug-likeness (QED) is 0.264. The van der Waals surface area contributed by atoms with Gasteiger partial charge in [0.1, 0.15) is 17.6 Å². The minimum atomic E-state index is -4.78. The van der Waals surface area contributed by atoms with Gasteiger partial charge >= 0.3 is 11.0 Å². The number of carbonyl (C=O) groups is 2. The van der Waals surface area contributed by atoms with Gasteiger partial charge in [-0.3, -0.25) is 14.4 Å². The van der Waals surface area contributed by atoms with Gasteiger partial charge in [-0.2, -0.15) is 13.2 Å². The van der Waals surface area contributed by atoms with Crippen LogP contribution in [0.1, 0.15) is 27.5 Å². The number of hydrogen-bond donors (Lipinski definition) is 1. The van der Waals surface area contributed by atoms with E-state index in [0.29, 0.717) is 31.1 Å². The number of aromatic amines is 1. The number of alkyl halides is 3. The highest BCUT2D eigenvalue weighted by Gasteiger charge is 2.57. The van der Waals surface area contributed by atoms with E-state index in [9.17, 15) is 27.6 Å². The molecule has 204 valence electrons. The Balaban J connectivity index is 1.44. The van der Waals surface area contributed by atoms with E-state index in [1.54, 1.807) is 42.5 Å². The maximum atomic E-state index is 13.9. The lowest BCUT2D eigenvalue weighted by Crippen LogP contribution is -2.33. The standard InChI is InChI=1S/C28H18ClF3N2O4S2/c29-15-7-5-6-14(12-15)13-38-19-11-4-1-8-16(19)20-21-23(39-24-22(20)40-27(37)33-24)26(36)34(25(21)35)18-10-3-2-9-17(18)28(30,31)32/h1-12,20-21,23H,13H2,(H,33,37)/t20-,21-,23+/m0/s1. The summed E-state index contributed by atoms with van der Waals surface area (Å²) in [5.74, 6) is -2.98. The molecule has 1 aromatic heterocycles. The van der Waals surface area contributed by atoms with Gasteiger partial charge < -0.3 is 9.72 Å². The highest BCUT2D eigenvalue weighted by atomic mass is 35.5. The van der Waals surface area contributed by atoms with Crippen LogP contribution in [-0.4, -0.2) is 22.0 Å². The predicted octanol–water partition coefficient (Wildman–Crippen LogP) is 6.48. The highest BCUT2D eigenvalue weighted by Crippen LogP contribution is 2.55. The van der Waals surface area contributed by atoms with Crippen molar-refractivity contribution in [2.45, 2.75) is 29.0 Å². The van der Waals surface area contributed by atoms with Gasteiger partial charge in [-0.1, -0.05) is 77.2 Å². The van der Waals surface area contributed by atoms with E-state index in [-0.39, 0.29) is 11.5 Å². The van der Waals surface area contributed by atoms with Gasteiger partial charge in [0.05, 0.1) is 22.2 Å². The second-order valence-electron chi connectivity index (χ2n) is 9.23. The topological polar surface area (TPSA) is 79.5 Å². The number of para-hydroxylation sites is 2. The first-order valence-electron chi connectivity index (χ1n) is 12.0. The van der Waals surface area contributed by atoms with Crippen molar-refractivity contribution in [3.05, 3.63) is 109 Å². The Morgan fingerprint density at radius 3 is 2.48 bits per heavy atom. The van der Waals surface area contributed by atoms with Crippen LogP contribution in [-0.2, 0) is 22.4 Å². The molecule has 3 heterocycles. The summed E-state index contributed by atoms with van der Waals surface area (Å²) in [6.45, 7) is 0.154. The molecule has 0 spiro atoms. The summed E-state index contributed by atoms with van der Waals surface area (Å²) in [4.78, 5) is 43.5. The minimum absolute atomic E-state index is 0.154. The number of anilines is 1. The fourth-order valence-corrected chi connectivity index (χ4v) is 7.87. The van der Waals surface area contributed by atoms with Crippen LogP contribution in [0, 0.1) is 5.92 Å². The number of benzene rings is 3. The fraction of sp³-hybridized carbons (Fsp3) is 0.179. The molecule has 4 aromatic rings. The Kier molecular flexibility index (Phi) is 6.76. The second kappa shape index (κ2) is 10.1. The SMILES string of the molecule is O=C1[C@H]2[C@H](c3ccccc3OCc3cccc(Cl)c3)c3sc(=O)[nH]c3S[C@H]2C(=O)N1c1ccccc1C(F)(F)F. The molecule has 12 heteroatoms. The molecule has 6 nitrogen and oxygen atoms in total. The Morgan fingerprint density at radius 1 is 0.950 bits per heavy atom. The fourth-order valence-electron chi connectivity index (χ4n) is 5.15. The Bertz CT molecular complexity index is 1700. The number of hydrogen-bond acceptors (Lipinski definition) is 6. The van der Waals surface area contributed by atoms with Crippen LogP contribution in [0.2, 0.25) is 5.02 Å². The highest BCUT2D eigenvalue weighted by molar-refractivity contribution is 8.00. The van der Waals surface area contributed by atoms with E-state index in [2.05, 4.69) is 4.98 Å². The van der Waals surface area contributed by atoms with Gasteiger partial charge in [-0.05, 0) is 35.9 Å². The summed E-state index contributed by atoms with van der Waals surface area (Å²) in [6.07, 6.45) is -4.78. The molecular weight excluding hydrogens is 585 g/mol. The zero-order chi connectivity index (χ0) is 28.2. The molecule has 2 aliphatic heterocycles. The molecular formula is C28H18ClF3N2O4S2. The number of carbonyl (C=O) groups excluding carboxylic acids is 2. The first kappa shape index (κ1) is 26.7. The average Bonchev–Trinajstić information content (AvgIpc) is 3.41. The average molecular weight is 603 g/mol. The van der Waals surface area contributed by atoms with Gasteiger partial charge in [-0.15, -0.1) is 0 Å². The van der Waals surface area contributed by atoms with Crippen molar-refractivity contribution in [2.75, 3.05) is 4.90 Å². The molecule has 0 radical (unpaired) electrons. The number of fused-ring (bicyclic) bond motifs is 2. The van der Waals surface area contributed by atoms with Crippen LogP contribution in [0.3, 0.4) is 0 Å². The third kappa shape index (κ3) is 4.61. The third-order valence-electron chi connectivity index (χ3n) is 6.81. The number of nitrogens with zero attached hydrogens (tertiary/aromatic N) is 1. The van der Waals surface area contributed by atoms with Crippen molar-refractivity contribution < 1.29 is 27.5 Å². The summed E-state index contributed by atoms with van der Waals surface area (Å²) in [6, 6.07) is 18.6. The summed E-state index contributed by atoms with van der Waals surface area (Å²) in [5, 5.41) is -0.0897. The third-order valence-corrected chi connectivity index (χ3v) is 9.45. The zero-order valence-corrected chi connectivity index (χ0v) is 22.7. The molecule has 2 aliphatic rings. The molecule has 0 aliphatic carbocycles. The number of aromatic nitrogens is 1. The molecule has 0 unspecified atom stereocenters. The van der Waals surface area contributed by atoms with Gasteiger partial charge in [0.15, 0.2) is 0 Å². The molecule has 1 saturated heterocycles. The van der Waals surface area contributed by atoms with E-state index in [0.717, 1.165) is 40.8 Å². The molecule has 3 aromatic carbocycles. The lowest BCUT2D eigenvalue weighted by molar-refractivity contribution is -0.137. The number of thiazole rings is 1. The number of imide groups is 1. The molecule has 0 saturated carbocycles. The molecule has 2 amide bonds. The van der Waals surface area contributed by atoms with Crippen molar-refractivity contribution in [2.24, 2.45) is 5.92 Å². The molecule has 3 atom stereocenters. The maximum absolute atomic E-state index is 13.9. The lowest BCUT2D eigenvalue weighted by atomic mass is 9.82. The van der Waals surface area contributed by atoms with Crippen molar-refractivity contribution in [1.29, 1.82) is 0 Å². The summed E-state index contributed by atoms with van der Waals surface area (Å²) >= 11 is 8.00. The van der Waals surface area contributed by atoms with Crippen LogP contribution in [0.4, 0.5) is 18.9 Å². The normalized spacial score (nSPS) is 20.4. The summed E-state index contributed by atoms with van der Waals surface area (Å²) in [5.41, 5.74) is -0.247. The number of ether oxygens (including phenoxy) is 1. The van der Waals surface area contributed by atoms with Crippen LogP contribution < -0.4 is 14.5 Å². The number of nitrogens with one attached hydrogen (secondary N) is 1. The largest absolute Gasteiger partial charge is 0.489 e. The molecule has 1 N–H and O–H groups in total. The zero-order valence-electron chi connectivity index (χ0n) is 20.3. The van der Waals surface area contributed by atoms with E-state index in [4.69, 9.17) is 16.3 Å². The van der Waals surface area contributed by atoms with Gasteiger partial charge in [0.25, 0.3) is 0 Å². The Morgan fingerprint density at radius 2 is 1.70 bits per heavy atom. The molecule has 40 heavy (non-hydrogen) atoms. The van der Waals surface area contributed by atoms with E-state index in [1.165, 1.54) is 12.1 Å². The summed E-state index contributed by atoms with van der Waals surface area (Å²) in [7, 11) is 0. The number of thioether (sulfide) groups is 1. The second-order valence-corrected chi connectivity index (χ2v) is 11.8. The predicted molar refractivity (Wildman–Crippen MR) is 146 cm³/mol.